The molecule has 1 aromatic heterocycles. The smallest absolute Gasteiger partial charge is 0.262 e. The van der Waals surface area contributed by atoms with Gasteiger partial charge in [-0.15, -0.1) is 0 Å². The van der Waals surface area contributed by atoms with Crippen LogP contribution in [0.1, 0.15) is 55.3 Å². The van der Waals surface area contributed by atoms with Gasteiger partial charge in [-0.25, -0.2) is 4.98 Å². The number of para-hydroxylation sites is 1. The monoisotopic (exact) mass is 435 g/mol. The Balaban J connectivity index is 1.65. The highest BCUT2D eigenvalue weighted by molar-refractivity contribution is 8.00. The fourth-order valence-corrected chi connectivity index (χ4v) is 5.49. The summed E-state index contributed by atoms with van der Waals surface area (Å²) in [6.45, 7) is 7.95. The summed E-state index contributed by atoms with van der Waals surface area (Å²) in [5.74, 6) is -0.0829. The summed E-state index contributed by atoms with van der Waals surface area (Å²) in [6, 6.07) is 11.8. The Hall–Kier alpha value is -2.60. The second kappa shape index (κ2) is 8.87. The lowest BCUT2D eigenvalue weighted by molar-refractivity contribution is -0.115. The fraction of sp³-hybridized carbons (Fsp3) is 0.400. The third kappa shape index (κ3) is 4.40. The molecule has 162 valence electrons. The molecule has 0 spiro atoms. The van der Waals surface area contributed by atoms with Gasteiger partial charge in [-0.3, -0.25) is 14.2 Å². The van der Waals surface area contributed by atoms with Crippen LogP contribution in [0.25, 0.3) is 10.9 Å². The van der Waals surface area contributed by atoms with E-state index in [4.69, 9.17) is 4.98 Å². The Morgan fingerprint density at radius 3 is 2.45 bits per heavy atom. The van der Waals surface area contributed by atoms with Crippen LogP contribution in [-0.2, 0) is 4.79 Å². The highest BCUT2D eigenvalue weighted by atomic mass is 32.2. The number of hydrogen-bond donors (Lipinski definition) is 1. The van der Waals surface area contributed by atoms with Crippen molar-refractivity contribution in [3.8, 4) is 0 Å². The number of carbonyl (C=O) groups excluding carboxylic acids is 1. The maximum absolute atomic E-state index is 13.3. The number of aryl methyl sites for hydroxylation is 3. The van der Waals surface area contributed by atoms with Gasteiger partial charge in [0.25, 0.3) is 5.56 Å². The molecule has 6 heteroatoms. The maximum atomic E-state index is 13.3. The normalized spacial score (nSPS) is 15.4. The zero-order chi connectivity index (χ0) is 22.1. The lowest BCUT2D eigenvalue weighted by Gasteiger charge is -2.21. The van der Waals surface area contributed by atoms with Crippen molar-refractivity contribution in [1.82, 2.24) is 9.55 Å². The molecule has 1 aliphatic rings. The van der Waals surface area contributed by atoms with Gasteiger partial charge >= 0.3 is 0 Å². The summed E-state index contributed by atoms with van der Waals surface area (Å²) < 4.78 is 1.84. The molecule has 1 aliphatic carbocycles. The zero-order valence-electron chi connectivity index (χ0n) is 18.6. The first-order chi connectivity index (χ1) is 14.8. The van der Waals surface area contributed by atoms with Crippen LogP contribution in [0.5, 0.6) is 0 Å². The number of nitrogens with zero attached hydrogens (tertiary/aromatic N) is 2. The first kappa shape index (κ1) is 21.6. The third-order valence-corrected chi connectivity index (χ3v) is 7.11. The average molecular weight is 436 g/mol. The van der Waals surface area contributed by atoms with Crippen molar-refractivity contribution in [1.29, 1.82) is 0 Å². The number of benzene rings is 2. The van der Waals surface area contributed by atoms with Crippen LogP contribution in [0.15, 0.2) is 46.3 Å². The lowest BCUT2D eigenvalue weighted by Crippen LogP contribution is -2.29. The van der Waals surface area contributed by atoms with Crippen LogP contribution in [0.3, 0.4) is 0 Å². The van der Waals surface area contributed by atoms with Crippen LogP contribution in [0.2, 0.25) is 0 Å². The molecule has 1 fully saturated rings. The van der Waals surface area contributed by atoms with Crippen LogP contribution in [0.4, 0.5) is 5.69 Å². The first-order valence-corrected chi connectivity index (χ1v) is 11.8. The topological polar surface area (TPSA) is 64.0 Å². The van der Waals surface area contributed by atoms with Crippen molar-refractivity contribution in [3.63, 3.8) is 0 Å². The number of nitrogens with one attached hydrogen (secondary N) is 1. The molecule has 1 heterocycles. The molecule has 31 heavy (non-hydrogen) atoms. The highest BCUT2D eigenvalue weighted by Crippen LogP contribution is 2.33. The molecule has 0 bridgehead atoms. The number of fused-ring (bicyclic) bond motifs is 1. The van der Waals surface area contributed by atoms with Crippen molar-refractivity contribution >= 4 is 34.3 Å². The summed E-state index contributed by atoms with van der Waals surface area (Å²) in [7, 11) is 0. The van der Waals surface area contributed by atoms with E-state index >= 15 is 0 Å². The van der Waals surface area contributed by atoms with E-state index in [0.717, 1.165) is 42.5 Å². The number of amides is 1. The maximum Gasteiger partial charge on any atom is 0.262 e. The number of thioether (sulfide) groups is 1. The van der Waals surface area contributed by atoms with Gasteiger partial charge in [0.15, 0.2) is 5.16 Å². The van der Waals surface area contributed by atoms with E-state index in [1.807, 2.05) is 49.6 Å². The van der Waals surface area contributed by atoms with Gasteiger partial charge in [-0.1, -0.05) is 54.4 Å². The average Bonchev–Trinajstić information content (AvgIpc) is 3.25. The van der Waals surface area contributed by atoms with Gasteiger partial charge in [0, 0.05) is 11.7 Å². The van der Waals surface area contributed by atoms with Gasteiger partial charge in [-0.05, 0) is 63.8 Å². The third-order valence-electron chi connectivity index (χ3n) is 6.04. The van der Waals surface area contributed by atoms with E-state index in [0.29, 0.717) is 16.1 Å². The summed E-state index contributed by atoms with van der Waals surface area (Å²) >= 11 is 1.37. The number of hydrogen-bond acceptors (Lipinski definition) is 4. The predicted octanol–water partition coefficient (Wildman–Crippen LogP) is 5.56. The van der Waals surface area contributed by atoms with Crippen LogP contribution >= 0.6 is 11.8 Å². The van der Waals surface area contributed by atoms with Crippen molar-refractivity contribution in [2.45, 2.75) is 69.8 Å². The zero-order valence-corrected chi connectivity index (χ0v) is 19.4. The van der Waals surface area contributed by atoms with E-state index in [2.05, 4.69) is 24.4 Å². The summed E-state index contributed by atoms with van der Waals surface area (Å²) in [6.07, 6.45) is 4.21. The Bertz CT molecular complexity index is 1170. The van der Waals surface area contributed by atoms with Crippen LogP contribution in [0, 0.1) is 20.8 Å². The van der Waals surface area contributed by atoms with Gasteiger partial charge in [0.05, 0.1) is 16.2 Å². The van der Waals surface area contributed by atoms with Gasteiger partial charge in [0.1, 0.15) is 0 Å². The quantitative estimate of drug-likeness (QED) is 0.421. The second-order valence-corrected chi connectivity index (χ2v) is 9.86. The minimum absolute atomic E-state index is 0.00201. The standard InChI is InChI=1S/C25H29N3O2S/c1-15-13-16(2)22(17(3)14-15)27-23(29)18(4)31-25-26-21-12-8-7-11-20(21)24(30)28(25)19-9-5-6-10-19/h7-8,11-14,18-19H,5-6,9-10H2,1-4H3,(H,27,29). The summed E-state index contributed by atoms with van der Waals surface area (Å²) in [5.41, 5.74) is 4.82. The minimum atomic E-state index is -0.388. The van der Waals surface area contributed by atoms with Gasteiger partial charge < -0.3 is 5.32 Å². The van der Waals surface area contributed by atoms with E-state index < -0.39 is 0 Å². The van der Waals surface area contributed by atoms with Crippen LogP contribution < -0.4 is 10.9 Å². The molecule has 4 rings (SSSR count). The predicted molar refractivity (Wildman–Crippen MR) is 128 cm³/mol. The number of aromatic nitrogens is 2. The number of rotatable bonds is 5. The van der Waals surface area contributed by atoms with Crippen molar-refractivity contribution in [2.24, 2.45) is 0 Å². The van der Waals surface area contributed by atoms with E-state index in [-0.39, 0.29) is 22.8 Å². The van der Waals surface area contributed by atoms with E-state index in [1.54, 1.807) is 0 Å². The van der Waals surface area contributed by atoms with Crippen molar-refractivity contribution in [2.75, 3.05) is 5.32 Å². The second-order valence-electron chi connectivity index (χ2n) is 8.55. The van der Waals surface area contributed by atoms with Gasteiger partial charge in [0.2, 0.25) is 5.91 Å². The Morgan fingerprint density at radius 1 is 1.13 bits per heavy atom. The molecule has 0 radical (unpaired) electrons. The molecule has 3 aromatic rings. The molecule has 1 unspecified atom stereocenters. The number of carbonyl (C=O) groups is 1. The molecular weight excluding hydrogens is 406 g/mol. The molecule has 5 nitrogen and oxygen atoms in total. The van der Waals surface area contributed by atoms with Crippen LogP contribution in [-0.4, -0.2) is 20.7 Å². The molecule has 0 aliphatic heterocycles. The first-order valence-electron chi connectivity index (χ1n) is 10.9. The molecule has 1 atom stereocenters. The Labute approximate surface area is 187 Å². The molecule has 2 aromatic carbocycles. The minimum Gasteiger partial charge on any atom is -0.325 e. The van der Waals surface area contributed by atoms with Gasteiger partial charge in [-0.2, -0.15) is 0 Å². The Morgan fingerprint density at radius 2 is 1.77 bits per heavy atom. The Kier molecular flexibility index (Phi) is 6.19. The van der Waals surface area contributed by atoms with E-state index in [9.17, 15) is 9.59 Å². The largest absolute Gasteiger partial charge is 0.325 e. The summed E-state index contributed by atoms with van der Waals surface area (Å²) in [4.78, 5) is 31.2. The van der Waals surface area contributed by atoms with E-state index in [1.165, 1.54) is 17.3 Å². The molecule has 0 saturated heterocycles. The van der Waals surface area contributed by atoms with Crippen molar-refractivity contribution in [3.05, 3.63) is 63.4 Å². The molecular formula is C25H29N3O2S. The lowest BCUT2D eigenvalue weighted by atomic mass is 10.1. The molecule has 1 saturated carbocycles. The highest BCUT2D eigenvalue weighted by Gasteiger charge is 2.26. The molecule has 1 N–H and O–H groups in total. The number of anilines is 1. The fourth-order valence-electron chi connectivity index (χ4n) is 4.51. The SMILES string of the molecule is Cc1cc(C)c(NC(=O)C(C)Sc2nc3ccccc3c(=O)n2C2CCCC2)c(C)c1. The molecule has 1 amide bonds. The summed E-state index contributed by atoms with van der Waals surface area (Å²) in [5, 5.41) is 3.98. The van der Waals surface area contributed by atoms with Crippen molar-refractivity contribution < 1.29 is 4.79 Å².